The Hall–Kier alpha value is 0.110. The SMILES string of the molecule is CCP(=O)(CCCN)OCCO. The Bertz CT molecular complexity index is 140. The topological polar surface area (TPSA) is 72.6 Å². The molecule has 1 unspecified atom stereocenters. The summed E-state index contributed by atoms with van der Waals surface area (Å²) in [6.45, 7) is 2.45. The van der Waals surface area contributed by atoms with E-state index in [1.807, 2.05) is 6.92 Å². The number of aliphatic hydroxyl groups is 1. The first-order valence-corrected chi connectivity index (χ1v) is 6.21. The van der Waals surface area contributed by atoms with Crippen LogP contribution < -0.4 is 5.73 Å². The van der Waals surface area contributed by atoms with Gasteiger partial charge < -0.3 is 15.4 Å². The number of hydrogen-bond donors (Lipinski definition) is 2. The van der Waals surface area contributed by atoms with Crippen molar-refractivity contribution < 1.29 is 14.2 Å². The van der Waals surface area contributed by atoms with Gasteiger partial charge in [0.15, 0.2) is 0 Å². The van der Waals surface area contributed by atoms with Crippen molar-refractivity contribution >= 4 is 7.37 Å². The standard InChI is InChI=1S/C7H18NO3P/c1-2-12(10,7-3-4-8)11-6-5-9/h9H,2-8H2,1H3. The third kappa shape index (κ3) is 4.88. The molecule has 0 aliphatic rings. The summed E-state index contributed by atoms with van der Waals surface area (Å²) < 4.78 is 16.8. The van der Waals surface area contributed by atoms with Crippen LogP contribution in [0.1, 0.15) is 13.3 Å². The molecule has 0 aromatic heterocycles. The molecule has 0 aliphatic carbocycles. The van der Waals surface area contributed by atoms with Gasteiger partial charge in [-0.15, -0.1) is 0 Å². The van der Waals surface area contributed by atoms with Crippen molar-refractivity contribution in [3.05, 3.63) is 0 Å². The quantitative estimate of drug-likeness (QED) is 0.585. The van der Waals surface area contributed by atoms with Gasteiger partial charge in [-0.25, -0.2) is 0 Å². The molecule has 0 saturated carbocycles. The molecule has 5 heteroatoms. The Kier molecular flexibility index (Phi) is 6.67. The van der Waals surface area contributed by atoms with E-state index in [1.54, 1.807) is 0 Å². The fraction of sp³-hybridized carbons (Fsp3) is 1.00. The van der Waals surface area contributed by atoms with Crippen LogP contribution in [0, 0.1) is 0 Å². The lowest BCUT2D eigenvalue weighted by Gasteiger charge is -2.15. The van der Waals surface area contributed by atoms with E-state index in [0.29, 0.717) is 18.9 Å². The molecule has 0 saturated heterocycles. The fourth-order valence-corrected chi connectivity index (χ4v) is 2.56. The van der Waals surface area contributed by atoms with Crippen LogP contribution in [-0.2, 0) is 9.09 Å². The smallest absolute Gasteiger partial charge is 0.203 e. The van der Waals surface area contributed by atoms with Crippen molar-refractivity contribution in [3.8, 4) is 0 Å². The van der Waals surface area contributed by atoms with Gasteiger partial charge in [-0.05, 0) is 13.0 Å². The normalized spacial score (nSPS) is 15.9. The molecule has 0 fully saturated rings. The lowest BCUT2D eigenvalue weighted by Crippen LogP contribution is -2.07. The highest BCUT2D eigenvalue weighted by Gasteiger charge is 2.18. The Morgan fingerprint density at radius 2 is 2.25 bits per heavy atom. The van der Waals surface area contributed by atoms with E-state index in [2.05, 4.69) is 0 Å². The molecule has 12 heavy (non-hydrogen) atoms. The molecule has 0 rings (SSSR count). The van der Waals surface area contributed by atoms with Crippen molar-refractivity contribution in [2.45, 2.75) is 13.3 Å². The Labute approximate surface area is 73.6 Å². The molecule has 1 atom stereocenters. The molecule has 3 N–H and O–H groups in total. The zero-order chi connectivity index (χ0) is 9.45. The Balaban J connectivity index is 3.79. The van der Waals surface area contributed by atoms with Crippen molar-refractivity contribution in [2.24, 2.45) is 5.73 Å². The van der Waals surface area contributed by atoms with Gasteiger partial charge in [0.05, 0.1) is 13.2 Å². The van der Waals surface area contributed by atoms with Gasteiger partial charge in [0.2, 0.25) is 7.37 Å². The first-order chi connectivity index (χ1) is 5.68. The molecule has 0 aliphatic heterocycles. The fourth-order valence-electron chi connectivity index (χ4n) is 0.853. The van der Waals surface area contributed by atoms with Crippen LogP contribution in [0.3, 0.4) is 0 Å². The number of aliphatic hydroxyl groups excluding tert-OH is 1. The van der Waals surface area contributed by atoms with E-state index < -0.39 is 7.37 Å². The third-order valence-electron chi connectivity index (χ3n) is 1.60. The molecule has 0 heterocycles. The number of rotatable bonds is 7. The van der Waals surface area contributed by atoms with Crippen LogP contribution in [0.4, 0.5) is 0 Å². The van der Waals surface area contributed by atoms with Crippen molar-refractivity contribution in [2.75, 3.05) is 32.1 Å². The minimum Gasteiger partial charge on any atom is -0.394 e. The van der Waals surface area contributed by atoms with Crippen LogP contribution in [0.5, 0.6) is 0 Å². The molecule has 4 nitrogen and oxygen atoms in total. The molecule has 0 spiro atoms. The summed E-state index contributed by atoms with van der Waals surface area (Å²) in [7, 11) is -2.47. The summed E-state index contributed by atoms with van der Waals surface area (Å²) in [6.07, 6.45) is 1.77. The van der Waals surface area contributed by atoms with E-state index in [-0.39, 0.29) is 13.2 Å². The van der Waals surface area contributed by atoms with Gasteiger partial charge in [0.25, 0.3) is 0 Å². The zero-order valence-electron chi connectivity index (χ0n) is 7.53. The number of nitrogens with two attached hydrogens (primary N) is 1. The molecule has 0 bridgehead atoms. The maximum absolute atomic E-state index is 11.7. The van der Waals surface area contributed by atoms with Gasteiger partial charge in [-0.2, -0.15) is 0 Å². The van der Waals surface area contributed by atoms with Crippen LogP contribution in [0.2, 0.25) is 0 Å². The maximum Gasteiger partial charge on any atom is 0.203 e. The maximum atomic E-state index is 11.7. The Morgan fingerprint density at radius 3 is 2.67 bits per heavy atom. The predicted octanol–water partition coefficient (Wildman–Crippen LogP) is 0.642. The summed E-state index contributed by atoms with van der Waals surface area (Å²) >= 11 is 0. The van der Waals surface area contributed by atoms with Gasteiger partial charge >= 0.3 is 0 Å². The molecule has 0 aromatic carbocycles. The second kappa shape index (κ2) is 6.61. The largest absolute Gasteiger partial charge is 0.394 e. The lowest BCUT2D eigenvalue weighted by atomic mass is 10.5. The summed E-state index contributed by atoms with van der Waals surface area (Å²) in [5.41, 5.74) is 5.29. The molecule has 0 radical (unpaired) electrons. The van der Waals surface area contributed by atoms with Crippen molar-refractivity contribution in [3.63, 3.8) is 0 Å². The van der Waals surface area contributed by atoms with E-state index in [0.717, 1.165) is 6.42 Å². The molecule has 0 amide bonds. The van der Waals surface area contributed by atoms with Gasteiger partial charge in [-0.3, -0.25) is 4.57 Å². The second-order valence-corrected chi connectivity index (χ2v) is 5.52. The second-order valence-electron chi connectivity index (χ2n) is 2.55. The highest BCUT2D eigenvalue weighted by atomic mass is 31.2. The average molecular weight is 195 g/mol. The van der Waals surface area contributed by atoms with Crippen molar-refractivity contribution in [1.29, 1.82) is 0 Å². The monoisotopic (exact) mass is 195 g/mol. The molecule has 74 valence electrons. The highest BCUT2D eigenvalue weighted by molar-refractivity contribution is 7.58. The van der Waals surface area contributed by atoms with Crippen LogP contribution in [-0.4, -0.2) is 37.2 Å². The predicted molar refractivity (Wildman–Crippen MR) is 49.7 cm³/mol. The summed E-state index contributed by atoms with van der Waals surface area (Å²) in [4.78, 5) is 0. The van der Waals surface area contributed by atoms with E-state index in [1.165, 1.54) is 0 Å². The first-order valence-electron chi connectivity index (χ1n) is 4.22. The van der Waals surface area contributed by atoms with E-state index >= 15 is 0 Å². The van der Waals surface area contributed by atoms with Crippen molar-refractivity contribution in [1.82, 2.24) is 0 Å². The summed E-state index contributed by atoms with van der Waals surface area (Å²) in [6, 6.07) is 0. The average Bonchev–Trinajstić information content (AvgIpc) is 2.11. The first kappa shape index (κ1) is 12.1. The molecular weight excluding hydrogens is 177 g/mol. The zero-order valence-corrected chi connectivity index (χ0v) is 8.43. The van der Waals surface area contributed by atoms with Gasteiger partial charge in [-0.1, -0.05) is 6.92 Å². The van der Waals surface area contributed by atoms with E-state index in [9.17, 15) is 4.57 Å². The third-order valence-corrected chi connectivity index (χ3v) is 4.22. The molecular formula is C7H18NO3P. The van der Waals surface area contributed by atoms with Crippen LogP contribution in [0.25, 0.3) is 0 Å². The van der Waals surface area contributed by atoms with Gasteiger partial charge in [0, 0.05) is 12.3 Å². The summed E-state index contributed by atoms with van der Waals surface area (Å²) in [5.74, 6) is 0. The van der Waals surface area contributed by atoms with E-state index in [4.69, 9.17) is 15.4 Å². The lowest BCUT2D eigenvalue weighted by molar-refractivity contribution is 0.202. The summed E-state index contributed by atoms with van der Waals surface area (Å²) in [5, 5.41) is 8.48. The van der Waals surface area contributed by atoms with Crippen LogP contribution >= 0.6 is 7.37 Å². The minimum absolute atomic E-state index is 0.0768. The van der Waals surface area contributed by atoms with Gasteiger partial charge in [0.1, 0.15) is 0 Å². The highest BCUT2D eigenvalue weighted by Crippen LogP contribution is 2.46. The Morgan fingerprint density at radius 1 is 1.58 bits per heavy atom. The van der Waals surface area contributed by atoms with Crippen LogP contribution in [0.15, 0.2) is 0 Å². The molecule has 0 aromatic rings. The minimum atomic E-state index is -2.47. The number of hydrogen-bond acceptors (Lipinski definition) is 4.